The average Bonchev–Trinajstić information content (AvgIpc) is 2.20. The fourth-order valence-corrected chi connectivity index (χ4v) is 4.88. The summed E-state index contributed by atoms with van der Waals surface area (Å²) in [6.07, 6.45) is 3.94. The highest BCUT2D eigenvalue weighted by Crippen LogP contribution is 2.49. The van der Waals surface area contributed by atoms with Crippen molar-refractivity contribution in [2.75, 3.05) is 6.54 Å². The fraction of sp³-hybridized carbons (Fsp3) is 1.00. The van der Waals surface area contributed by atoms with Crippen LogP contribution in [0.5, 0.6) is 0 Å². The van der Waals surface area contributed by atoms with Gasteiger partial charge in [-0.2, -0.15) is 0 Å². The van der Waals surface area contributed by atoms with Gasteiger partial charge in [0.05, 0.1) is 0 Å². The van der Waals surface area contributed by atoms with E-state index in [2.05, 4.69) is 88.0 Å². The number of nitrogens with zero attached hydrogens (tertiary/aromatic N) is 1. The van der Waals surface area contributed by atoms with Gasteiger partial charge in [-0.15, -0.1) is 0 Å². The highest BCUT2D eigenvalue weighted by molar-refractivity contribution is 5.02. The van der Waals surface area contributed by atoms with Crippen LogP contribution in [0, 0.1) is 22.2 Å². The van der Waals surface area contributed by atoms with E-state index in [1.54, 1.807) is 0 Å². The molecule has 0 radical (unpaired) electrons. The Bertz CT molecular complexity index is 401. The summed E-state index contributed by atoms with van der Waals surface area (Å²) in [5.41, 5.74) is 1.49. The fourth-order valence-electron chi connectivity index (χ4n) is 4.88. The second kappa shape index (κ2) is 6.04. The van der Waals surface area contributed by atoms with Crippen LogP contribution in [0.4, 0.5) is 0 Å². The van der Waals surface area contributed by atoms with Crippen LogP contribution in [0.25, 0.3) is 0 Å². The minimum absolute atomic E-state index is 0.187. The number of likely N-dealkylation sites (tertiary alicyclic amines) is 1. The Hall–Kier alpha value is -0.0400. The zero-order chi connectivity index (χ0) is 18.5. The molecule has 0 aromatic rings. The minimum atomic E-state index is 0.187. The normalized spacial score (nSPS) is 27.4. The number of hydrogen-bond donors (Lipinski definition) is 0. The molecule has 1 fully saturated rings. The predicted molar refractivity (Wildman–Crippen MR) is 105 cm³/mol. The molecule has 1 atom stereocenters. The number of hydrogen-bond acceptors (Lipinski definition) is 1. The Balaban J connectivity index is 3.26. The van der Waals surface area contributed by atoms with E-state index in [9.17, 15) is 0 Å². The largest absolute Gasteiger partial charge is 0.293 e. The Morgan fingerprint density at radius 2 is 1.30 bits per heavy atom. The molecule has 0 amide bonds. The lowest BCUT2D eigenvalue weighted by molar-refractivity contribution is -0.0836. The first-order valence-corrected chi connectivity index (χ1v) is 9.68. The van der Waals surface area contributed by atoms with Crippen molar-refractivity contribution in [1.29, 1.82) is 0 Å². The van der Waals surface area contributed by atoms with Crippen molar-refractivity contribution in [2.24, 2.45) is 22.2 Å². The van der Waals surface area contributed by atoms with Gasteiger partial charge < -0.3 is 0 Å². The third kappa shape index (κ3) is 4.74. The van der Waals surface area contributed by atoms with Gasteiger partial charge in [0.1, 0.15) is 0 Å². The zero-order valence-corrected chi connectivity index (χ0v) is 18.4. The van der Waals surface area contributed by atoms with Crippen molar-refractivity contribution in [3.8, 4) is 0 Å². The van der Waals surface area contributed by atoms with Crippen LogP contribution < -0.4 is 0 Å². The summed E-state index contributed by atoms with van der Waals surface area (Å²) in [5.74, 6) is 0.798. The lowest BCUT2D eigenvalue weighted by Gasteiger charge is -2.58. The second-order valence-corrected chi connectivity index (χ2v) is 12.2. The highest BCUT2D eigenvalue weighted by Gasteiger charge is 2.48. The van der Waals surface area contributed by atoms with Crippen molar-refractivity contribution in [1.82, 2.24) is 4.90 Å². The summed E-state index contributed by atoms with van der Waals surface area (Å²) < 4.78 is 0. The van der Waals surface area contributed by atoms with Crippen molar-refractivity contribution in [3.63, 3.8) is 0 Å². The Kier molecular flexibility index (Phi) is 5.52. The van der Waals surface area contributed by atoms with Gasteiger partial charge in [-0.1, -0.05) is 55.4 Å². The molecule has 1 aliphatic heterocycles. The number of rotatable bonds is 1. The van der Waals surface area contributed by atoms with Gasteiger partial charge in [0.2, 0.25) is 0 Å². The summed E-state index contributed by atoms with van der Waals surface area (Å²) in [4.78, 5) is 2.83. The van der Waals surface area contributed by atoms with Crippen molar-refractivity contribution in [2.45, 2.75) is 113 Å². The topological polar surface area (TPSA) is 3.24 Å². The summed E-state index contributed by atoms with van der Waals surface area (Å²) in [7, 11) is 0. The molecule has 1 nitrogen and oxygen atoms in total. The molecule has 138 valence electrons. The third-order valence-electron chi connectivity index (χ3n) is 6.88. The van der Waals surface area contributed by atoms with E-state index in [0.717, 1.165) is 5.92 Å². The lowest BCUT2D eigenvalue weighted by Crippen LogP contribution is -2.63. The second-order valence-electron chi connectivity index (χ2n) is 12.2. The molecule has 1 heterocycles. The van der Waals surface area contributed by atoms with Gasteiger partial charge in [0, 0.05) is 11.1 Å². The van der Waals surface area contributed by atoms with E-state index in [4.69, 9.17) is 0 Å². The van der Waals surface area contributed by atoms with E-state index >= 15 is 0 Å². The van der Waals surface area contributed by atoms with Gasteiger partial charge in [-0.3, -0.25) is 4.90 Å². The SMILES string of the molecule is CC1(C)CC(C(C)(C)C)CCN(C(C)(C)C(C)(C)C)C(C)(C)C1. The Morgan fingerprint density at radius 1 is 0.826 bits per heavy atom. The molecular weight excluding hydrogens is 278 g/mol. The van der Waals surface area contributed by atoms with Crippen molar-refractivity contribution >= 4 is 0 Å². The predicted octanol–water partition coefficient (Wildman–Crippen LogP) is 6.76. The first-order valence-electron chi connectivity index (χ1n) is 9.68. The van der Waals surface area contributed by atoms with Gasteiger partial charge >= 0.3 is 0 Å². The molecule has 1 aliphatic rings. The van der Waals surface area contributed by atoms with Crippen molar-refractivity contribution < 1.29 is 0 Å². The van der Waals surface area contributed by atoms with Crippen LogP contribution in [-0.2, 0) is 0 Å². The molecule has 1 saturated heterocycles. The standard InChI is InChI=1S/C22H45N/c1-18(2,3)17-13-14-23(22(11,12)19(4,5)6)21(9,10)16-20(7,8)15-17/h17H,13-16H2,1-12H3. The molecule has 1 heteroatoms. The molecule has 0 aromatic heterocycles. The van der Waals surface area contributed by atoms with Gasteiger partial charge in [0.15, 0.2) is 0 Å². The van der Waals surface area contributed by atoms with Gasteiger partial charge in [-0.05, 0) is 75.7 Å². The molecule has 0 N–H and O–H groups in total. The minimum Gasteiger partial charge on any atom is -0.293 e. The lowest BCUT2D eigenvalue weighted by atomic mass is 9.63. The molecule has 23 heavy (non-hydrogen) atoms. The van der Waals surface area contributed by atoms with Gasteiger partial charge in [0.25, 0.3) is 0 Å². The maximum absolute atomic E-state index is 2.83. The summed E-state index contributed by atoms with van der Waals surface area (Å²) in [6, 6.07) is 0. The molecule has 0 saturated carbocycles. The van der Waals surface area contributed by atoms with E-state index in [0.29, 0.717) is 10.8 Å². The van der Waals surface area contributed by atoms with E-state index < -0.39 is 0 Å². The summed E-state index contributed by atoms with van der Waals surface area (Å²) in [5, 5.41) is 0. The van der Waals surface area contributed by atoms with Crippen LogP contribution in [0.2, 0.25) is 0 Å². The van der Waals surface area contributed by atoms with Gasteiger partial charge in [-0.25, -0.2) is 0 Å². The molecule has 1 unspecified atom stereocenters. The van der Waals surface area contributed by atoms with Crippen molar-refractivity contribution in [3.05, 3.63) is 0 Å². The monoisotopic (exact) mass is 323 g/mol. The summed E-state index contributed by atoms with van der Waals surface area (Å²) >= 11 is 0. The van der Waals surface area contributed by atoms with Crippen LogP contribution >= 0.6 is 0 Å². The van der Waals surface area contributed by atoms with E-state index in [1.807, 2.05) is 0 Å². The third-order valence-corrected chi connectivity index (χ3v) is 6.88. The smallest absolute Gasteiger partial charge is 0.0206 e. The molecule has 0 bridgehead atoms. The van der Waals surface area contributed by atoms with Crippen LogP contribution in [-0.4, -0.2) is 22.5 Å². The van der Waals surface area contributed by atoms with Crippen LogP contribution in [0.15, 0.2) is 0 Å². The molecule has 0 aromatic carbocycles. The zero-order valence-electron chi connectivity index (χ0n) is 18.4. The quantitative estimate of drug-likeness (QED) is 0.515. The first kappa shape index (κ1) is 21.0. The van der Waals surface area contributed by atoms with E-state index in [-0.39, 0.29) is 16.5 Å². The molecule has 0 spiro atoms. The Labute approximate surface area is 147 Å². The highest BCUT2D eigenvalue weighted by atomic mass is 15.3. The average molecular weight is 324 g/mol. The van der Waals surface area contributed by atoms with Crippen LogP contribution in [0.1, 0.15) is 102 Å². The molecule has 1 rings (SSSR count). The summed E-state index contributed by atoms with van der Waals surface area (Å²) in [6.45, 7) is 30.5. The maximum Gasteiger partial charge on any atom is 0.0206 e. The van der Waals surface area contributed by atoms with Crippen LogP contribution in [0.3, 0.4) is 0 Å². The van der Waals surface area contributed by atoms with E-state index in [1.165, 1.54) is 25.8 Å². The first-order chi connectivity index (χ1) is 9.90. The molecule has 0 aliphatic carbocycles. The molecular formula is C22H45N. The maximum atomic E-state index is 2.83. The Morgan fingerprint density at radius 3 is 1.70 bits per heavy atom.